The molecular weight excluding hydrogens is 653 g/mol. The summed E-state index contributed by atoms with van der Waals surface area (Å²) in [6.07, 6.45) is 1.77. The third kappa shape index (κ3) is 6.88. The van der Waals surface area contributed by atoms with Crippen LogP contribution in [0.5, 0.6) is 23.0 Å². The van der Waals surface area contributed by atoms with Crippen molar-refractivity contribution in [3.63, 3.8) is 0 Å². The number of hydrogen-bond donors (Lipinski definition) is 1. The van der Waals surface area contributed by atoms with E-state index in [2.05, 4.69) is 11.4 Å². The van der Waals surface area contributed by atoms with Gasteiger partial charge in [-0.1, -0.05) is 53.8 Å². The standard InChI is InChI=1S/C39H34N4O6S/c1-5-48-33-19-25(15-18-31(33)49-23-27-12-10-9-11-26(27)22-40)20-34-38(45)43-36(30-17-16-29(46-3)21-32(30)47-4)35(24(2)41-39(43)50-34)37(44)42-28-13-7-6-8-14-28/h6-21,36H,5,23H2,1-4H3,(H,42,44)/b34-20-/t36-/m1/s1. The van der Waals surface area contributed by atoms with E-state index in [0.29, 0.717) is 72.6 Å². The van der Waals surface area contributed by atoms with Gasteiger partial charge in [-0.05, 0) is 68.0 Å². The third-order valence-electron chi connectivity index (χ3n) is 8.12. The van der Waals surface area contributed by atoms with Crippen LogP contribution < -0.4 is 39.2 Å². The van der Waals surface area contributed by atoms with Crippen LogP contribution >= 0.6 is 11.3 Å². The van der Waals surface area contributed by atoms with E-state index in [4.69, 9.17) is 23.9 Å². The number of ether oxygens (including phenoxy) is 4. The van der Waals surface area contributed by atoms with Crippen molar-refractivity contribution in [3.05, 3.63) is 144 Å². The molecule has 5 aromatic rings. The number of nitrogens with one attached hydrogen (secondary N) is 1. The molecule has 0 fully saturated rings. The molecule has 4 aromatic carbocycles. The summed E-state index contributed by atoms with van der Waals surface area (Å²) in [7, 11) is 3.09. The molecule has 0 unspecified atom stereocenters. The van der Waals surface area contributed by atoms with E-state index < -0.39 is 6.04 Å². The first-order valence-electron chi connectivity index (χ1n) is 15.8. The van der Waals surface area contributed by atoms with E-state index in [1.165, 1.54) is 18.4 Å². The number of nitriles is 1. The van der Waals surface area contributed by atoms with Gasteiger partial charge >= 0.3 is 0 Å². The Morgan fingerprint density at radius 3 is 2.48 bits per heavy atom. The number of allylic oxidation sites excluding steroid dienone is 1. The molecule has 1 aliphatic rings. The number of thiazole rings is 1. The SMILES string of the molecule is CCOc1cc(/C=c2\sc3n(c2=O)[C@H](c2ccc(OC)cc2OC)C(C(=O)Nc2ccccc2)=C(C)N=3)ccc1OCc1ccccc1C#N. The number of rotatable bonds is 11. The Balaban J connectivity index is 1.42. The molecule has 252 valence electrons. The third-order valence-corrected chi connectivity index (χ3v) is 9.10. The topological polar surface area (TPSA) is 124 Å². The van der Waals surface area contributed by atoms with Crippen molar-refractivity contribution in [2.45, 2.75) is 26.5 Å². The summed E-state index contributed by atoms with van der Waals surface area (Å²) in [6, 6.07) is 28.5. The molecule has 10 nitrogen and oxygen atoms in total. The lowest BCUT2D eigenvalue weighted by atomic mass is 9.94. The molecule has 1 N–H and O–H groups in total. The Morgan fingerprint density at radius 2 is 1.74 bits per heavy atom. The smallest absolute Gasteiger partial charge is 0.271 e. The van der Waals surface area contributed by atoms with Gasteiger partial charge in [0.15, 0.2) is 16.3 Å². The zero-order valence-corrected chi connectivity index (χ0v) is 28.7. The van der Waals surface area contributed by atoms with E-state index in [-0.39, 0.29) is 18.1 Å². The number of amides is 1. The first-order chi connectivity index (χ1) is 24.3. The van der Waals surface area contributed by atoms with Crippen molar-refractivity contribution in [3.8, 4) is 29.1 Å². The molecule has 2 heterocycles. The molecule has 50 heavy (non-hydrogen) atoms. The number of methoxy groups -OCH3 is 2. The highest BCUT2D eigenvalue weighted by atomic mass is 32.1. The molecule has 11 heteroatoms. The quantitative estimate of drug-likeness (QED) is 0.188. The lowest BCUT2D eigenvalue weighted by Gasteiger charge is -2.26. The molecular formula is C39H34N4O6S. The van der Waals surface area contributed by atoms with Gasteiger partial charge in [-0.2, -0.15) is 5.26 Å². The number of benzene rings is 4. The maximum absolute atomic E-state index is 14.3. The molecule has 1 atom stereocenters. The van der Waals surface area contributed by atoms with Crippen molar-refractivity contribution < 1.29 is 23.7 Å². The van der Waals surface area contributed by atoms with Gasteiger partial charge in [0.25, 0.3) is 11.5 Å². The first kappa shape index (κ1) is 33.8. The predicted octanol–water partition coefficient (Wildman–Crippen LogP) is 5.74. The van der Waals surface area contributed by atoms with Gasteiger partial charge in [-0.15, -0.1) is 0 Å². The minimum Gasteiger partial charge on any atom is -0.497 e. The minimum atomic E-state index is -0.844. The van der Waals surface area contributed by atoms with Crippen molar-refractivity contribution in [1.82, 2.24) is 4.57 Å². The van der Waals surface area contributed by atoms with Crippen LogP contribution in [0.3, 0.4) is 0 Å². The van der Waals surface area contributed by atoms with Crippen LogP contribution in [-0.2, 0) is 11.4 Å². The summed E-state index contributed by atoms with van der Waals surface area (Å²) in [5, 5.41) is 12.4. The van der Waals surface area contributed by atoms with Gasteiger partial charge < -0.3 is 24.3 Å². The predicted molar refractivity (Wildman–Crippen MR) is 191 cm³/mol. The summed E-state index contributed by atoms with van der Waals surface area (Å²) < 4.78 is 25.1. The van der Waals surface area contributed by atoms with Crippen LogP contribution in [0.1, 0.15) is 42.1 Å². The van der Waals surface area contributed by atoms with Crippen molar-refractivity contribution in [2.75, 3.05) is 26.1 Å². The van der Waals surface area contributed by atoms with Crippen LogP contribution in [0.15, 0.2) is 112 Å². The highest BCUT2D eigenvalue weighted by Crippen LogP contribution is 2.38. The summed E-state index contributed by atoms with van der Waals surface area (Å²) >= 11 is 1.23. The maximum atomic E-state index is 14.3. The largest absolute Gasteiger partial charge is 0.497 e. The van der Waals surface area contributed by atoms with E-state index >= 15 is 0 Å². The summed E-state index contributed by atoms with van der Waals surface area (Å²) in [6.45, 7) is 4.23. The summed E-state index contributed by atoms with van der Waals surface area (Å²) in [5.74, 6) is 1.65. The molecule has 1 amide bonds. The number of aromatic nitrogens is 1. The fourth-order valence-electron chi connectivity index (χ4n) is 5.73. The Labute approximate surface area is 292 Å². The molecule has 1 aliphatic heterocycles. The molecule has 0 saturated heterocycles. The van der Waals surface area contributed by atoms with Crippen molar-refractivity contribution >= 4 is 29.0 Å². The number of nitrogens with zero attached hydrogens (tertiary/aromatic N) is 3. The molecule has 1 aromatic heterocycles. The fourth-order valence-corrected chi connectivity index (χ4v) is 6.78. The number of carbonyl (C=O) groups is 1. The van der Waals surface area contributed by atoms with E-state index in [0.717, 1.165) is 5.56 Å². The van der Waals surface area contributed by atoms with Crippen LogP contribution in [0, 0.1) is 11.3 Å². The molecule has 0 radical (unpaired) electrons. The van der Waals surface area contributed by atoms with Gasteiger partial charge in [-0.25, -0.2) is 4.99 Å². The zero-order chi connectivity index (χ0) is 35.2. The first-order valence-corrected chi connectivity index (χ1v) is 16.6. The zero-order valence-electron chi connectivity index (χ0n) is 27.9. The maximum Gasteiger partial charge on any atom is 0.271 e. The average molecular weight is 687 g/mol. The van der Waals surface area contributed by atoms with Crippen molar-refractivity contribution in [1.29, 1.82) is 5.26 Å². The number of hydrogen-bond acceptors (Lipinski definition) is 9. The molecule has 0 bridgehead atoms. The van der Waals surface area contributed by atoms with E-state index in [1.807, 2.05) is 49.4 Å². The number of anilines is 1. The average Bonchev–Trinajstić information content (AvgIpc) is 3.44. The molecule has 6 rings (SSSR count). The summed E-state index contributed by atoms with van der Waals surface area (Å²) in [4.78, 5) is 33.5. The second kappa shape index (κ2) is 15.0. The van der Waals surface area contributed by atoms with Gasteiger partial charge in [0.05, 0.1) is 48.3 Å². The van der Waals surface area contributed by atoms with Gasteiger partial charge in [0.2, 0.25) is 0 Å². The lowest BCUT2D eigenvalue weighted by Crippen LogP contribution is -2.40. The highest BCUT2D eigenvalue weighted by Gasteiger charge is 2.34. The van der Waals surface area contributed by atoms with Gasteiger partial charge in [0.1, 0.15) is 24.1 Å². The van der Waals surface area contributed by atoms with Crippen molar-refractivity contribution in [2.24, 2.45) is 4.99 Å². The molecule has 0 spiro atoms. The van der Waals surface area contributed by atoms with E-state index in [9.17, 15) is 14.9 Å². The monoisotopic (exact) mass is 686 g/mol. The molecule has 0 saturated carbocycles. The van der Waals surface area contributed by atoms with Gasteiger partial charge in [0, 0.05) is 22.9 Å². The Bertz CT molecular complexity index is 2320. The van der Waals surface area contributed by atoms with Crippen LogP contribution in [0.2, 0.25) is 0 Å². The van der Waals surface area contributed by atoms with Crippen LogP contribution in [0.4, 0.5) is 5.69 Å². The normalized spacial score (nSPS) is 13.9. The Morgan fingerprint density at radius 1 is 0.960 bits per heavy atom. The second-order valence-corrected chi connectivity index (χ2v) is 12.2. The minimum absolute atomic E-state index is 0.191. The van der Waals surface area contributed by atoms with Gasteiger partial charge in [-0.3, -0.25) is 14.2 Å². The number of carbonyl (C=O) groups excluding carboxylic acids is 1. The Hall–Kier alpha value is -6.12. The lowest BCUT2D eigenvalue weighted by molar-refractivity contribution is -0.113. The van der Waals surface area contributed by atoms with Crippen LogP contribution in [0.25, 0.3) is 6.08 Å². The second-order valence-electron chi connectivity index (χ2n) is 11.2. The number of para-hydroxylation sites is 1. The highest BCUT2D eigenvalue weighted by molar-refractivity contribution is 7.07. The van der Waals surface area contributed by atoms with Crippen LogP contribution in [-0.4, -0.2) is 31.3 Å². The number of fused-ring (bicyclic) bond motifs is 1. The van der Waals surface area contributed by atoms with E-state index in [1.54, 1.807) is 73.2 Å². The fraction of sp³-hybridized carbons (Fsp3) is 0.179. The summed E-state index contributed by atoms with van der Waals surface area (Å²) in [5.41, 5.74) is 3.70. The molecule has 0 aliphatic carbocycles. The Kier molecular flexibility index (Phi) is 10.1.